The van der Waals surface area contributed by atoms with Crippen LogP contribution in [0.3, 0.4) is 0 Å². The number of Topliss-reactive ketones (excluding diaryl/α,β-unsaturated/α-hetero) is 1. The van der Waals surface area contributed by atoms with Crippen molar-refractivity contribution in [3.63, 3.8) is 0 Å². The van der Waals surface area contributed by atoms with E-state index in [2.05, 4.69) is 4.98 Å². The summed E-state index contributed by atoms with van der Waals surface area (Å²) in [5.74, 6) is -0.750. The molecule has 6 heteroatoms. The monoisotopic (exact) mass is 456 g/mol. The van der Waals surface area contributed by atoms with Crippen LogP contribution in [0.1, 0.15) is 48.1 Å². The second kappa shape index (κ2) is 10.3. The molecule has 0 aliphatic carbocycles. The predicted octanol–water partition coefficient (Wildman–Crippen LogP) is 5.19. The number of likely N-dealkylation sites (tertiary alicyclic amines) is 1. The van der Waals surface area contributed by atoms with Gasteiger partial charge in [0.05, 0.1) is 11.6 Å². The second-order valence-corrected chi connectivity index (χ2v) is 8.38. The van der Waals surface area contributed by atoms with Crippen LogP contribution in [0.5, 0.6) is 5.75 Å². The minimum Gasteiger partial charge on any atom is -0.507 e. The van der Waals surface area contributed by atoms with Gasteiger partial charge in [-0.15, -0.1) is 0 Å². The lowest BCUT2D eigenvalue weighted by molar-refractivity contribution is -0.139. The van der Waals surface area contributed by atoms with Gasteiger partial charge in [0, 0.05) is 24.5 Å². The number of amides is 1. The minimum absolute atomic E-state index is 0.102. The molecule has 3 aromatic rings. The molecule has 174 valence electrons. The Balaban J connectivity index is 1.68. The number of nitrogens with zero attached hydrogens (tertiary/aromatic N) is 2. The Hall–Kier alpha value is -3.93. The van der Waals surface area contributed by atoms with Gasteiger partial charge in [-0.1, -0.05) is 43.7 Å². The van der Waals surface area contributed by atoms with Gasteiger partial charge in [0.25, 0.3) is 11.7 Å². The molecule has 0 radical (unpaired) electrons. The number of ketones is 1. The Labute approximate surface area is 199 Å². The van der Waals surface area contributed by atoms with Crippen molar-refractivity contribution in [2.45, 2.75) is 39.3 Å². The summed E-state index contributed by atoms with van der Waals surface area (Å²) >= 11 is 0. The molecule has 1 N–H and O–H groups in total. The smallest absolute Gasteiger partial charge is 0.295 e. The van der Waals surface area contributed by atoms with Gasteiger partial charge < -0.3 is 14.7 Å². The summed E-state index contributed by atoms with van der Waals surface area (Å²) in [5, 5.41) is 11.2. The Morgan fingerprint density at radius 2 is 1.79 bits per heavy atom. The van der Waals surface area contributed by atoms with Crippen LogP contribution in [0.2, 0.25) is 0 Å². The summed E-state index contributed by atoms with van der Waals surface area (Å²) in [4.78, 5) is 31.5. The van der Waals surface area contributed by atoms with E-state index >= 15 is 0 Å². The first-order valence-corrected chi connectivity index (χ1v) is 11.5. The molecule has 34 heavy (non-hydrogen) atoms. The molecule has 2 aromatic carbocycles. The van der Waals surface area contributed by atoms with E-state index in [1.807, 2.05) is 44.2 Å². The highest BCUT2D eigenvalue weighted by Crippen LogP contribution is 2.39. The number of hydrogen-bond donors (Lipinski definition) is 1. The van der Waals surface area contributed by atoms with Gasteiger partial charge in [0.1, 0.15) is 18.1 Å². The number of hydrogen-bond acceptors (Lipinski definition) is 5. The quantitative estimate of drug-likeness (QED) is 0.287. The summed E-state index contributed by atoms with van der Waals surface area (Å²) in [6, 6.07) is 18.0. The number of ether oxygens (including phenoxy) is 1. The van der Waals surface area contributed by atoms with Gasteiger partial charge in [-0.3, -0.25) is 14.6 Å². The molecule has 1 saturated heterocycles. The lowest BCUT2D eigenvalue weighted by Gasteiger charge is -2.25. The fraction of sp³-hybridized carbons (Fsp3) is 0.250. The molecule has 0 spiro atoms. The molecule has 1 amide bonds. The van der Waals surface area contributed by atoms with E-state index in [-0.39, 0.29) is 11.3 Å². The molecule has 1 aromatic heterocycles. The van der Waals surface area contributed by atoms with E-state index in [4.69, 9.17) is 4.74 Å². The van der Waals surface area contributed by atoms with Crippen LogP contribution in [-0.4, -0.2) is 33.2 Å². The molecule has 1 aliphatic rings. The summed E-state index contributed by atoms with van der Waals surface area (Å²) in [6.45, 7) is 4.78. The number of unbranched alkanes of at least 4 members (excludes halogenated alkanes) is 1. The van der Waals surface area contributed by atoms with Crippen molar-refractivity contribution in [2.75, 3.05) is 6.54 Å². The summed E-state index contributed by atoms with van der Waals surface area (Å²) in [6.07, 6.45) is 4.90. The number of aryl methyl sites for hydroxylation is 1. The first-order valence-electron chi connectivity index (χ1n) is 11.5. The third-order valence-electron chi connectivity index (χ3n) is 6.00. The lowest BCUT2D eigenvalue weighted by Crippen LogP contribution is -2.30. The van der Waals surface area contributed by atoms with Crippen LogP contribution in [0.4, 0.5) is 0 Å². The molecule has 1 aliphatic heterocycles. The maximum absolute atomic E-state index is 13.0. The highest BCUT2D eigenvalue weighted by Gasteiger charge is 2.45. The molecule has 1 unspecified atom stereocenters. The highest BCUT2D eigenvalue weighted by atomic mass is 16.5. The zero-order chi connectivity index (χ0) is 24.1. The van der Waals surface area contributed by atoms with Crippen molar-refractivity contribution in [3.05, 3.63) is 101 Å². The standard InChI is InChI=1S/C28H28N2O4/c1-3-4-16-30-25(21-12-14-29-15-13-21)24(27(32)28(30)33)26(31)22-10-11-23(19(2)17-22)34-18-20-8-6-5-7-9-20/h5-15,17,25,31H,3-4,16,18H2,1-2H3/b26-24+. The minimum atomic E-state index is -0.669. The maximum atomic E-state index is 13.0. The van der Waals surface area contributed by atoms with Crippen LogP contribution < -0.4 is 4.74 Å². The van der Waals surface area contributed by atoms with Crippen molar-refractivity contribution >= 4 is 17.4 Å². The average Bonchev–Trinajstić information content (AvgIpc) is 3.12. The summed E-state index contributed by atoms with van der Waals surface area (Å²) in [5.41, 5.74) is 3.19. The van der Waals surface area contributed by atoms with E-state index < -0.39 is 17.7 Å². The second-order valence-electron chi connectivity index (χ2n) is 8.38. The molecule has 0 saturated carbocycles. The van der Waals surface area contributed by atoms with E-state index in [0.29, 0.717) is 24.5 Å². The van der Waals surface area contributed by atoms with Gasteiger partial charge in [-0.2, -0.15) is 0 Å². The normalized spacial score (nSPS) is 17.2. The molecule has 2 heterocycles. The van der Waals surface area contributed by atoms with Gasteiger partial charge in [-0.25, -0.2) is 0 Å². The van der Waals surface area contributed by atoms with E-state index in [0.717, 1.165) is 29.5 Å². The third-order valence-corrected chi connectivity index (χ3v) is 6.00. The Morgan fingerprint density at radius 1 is 1.06 bits per heavy atom. The highest BCUT2D eigenvalue weighted by molar-refractivity contribution is 6.46. The lowest BCUT2D eigenvalue weighted by atomic mass is 9.95. The van der Waals surface area contributed by atoms with Crippen molar-refractivity contribution in [2.24, 2.45) is 0 Å². The number of aromatic nitrogens is 1. The van der Waals surface area contributed by atoms with Crippen molar-refractivity contribution in [1.29, 1.82) is 0 Å². The molecule has 4 rings (SSSR count). The van der Waals surface area contributed by atoms with E-state index in [1.54, 1.807) is 47.6 Å². The summed E-state index contributed by atoms with van der Waals surface area (Å²) in [7, 11) is 0. The van der Waals surface area contributed by atoms with E-state index in [9.17, 15) is 14.7 Å². The van der Waals surface area contributed by atoms with Gasteiger partial charge in [0.15, 0.2) is 0 Å². The van der Waals surface area contributed by atoms with Crippen LogP contribution in [0.25, 0.3) is 5.76 Å². The van der Waals surface area contributed by atoms with Crippen LogP contribution in [0, 0.1) is 6.92 Å². The zero-order valence-corrected chi connectivity index (χ0v) is 19.4. The summed E-state index contributed by atoms with van der Waals surface area (Å²) < 4.78 is 5.94. The van der Waals surface area contributed by atoms with Gasteiger partial charge in [0.2, 0.25) is 0 Å². The maximum Gasteiger partial charge on any atom is 0.295 e. The number of aliphatic hydroxyl groups excluding tert-OH is 1. The fourth-order valence-electron chi connectivity index (χ4n) is 4.18. The fourth-order valence-corrected chi connectivity index (χ4v) is 4.18. The molecule has 6 nitrogen and oxygen atoms in total. The number of carbonyl (C=O) groups excluding carboxylic acids is 2. The Bertz CT molecular complexity index is 1210. The van der Waals surface area contributed by atoms with E-state index in [1.165, 1.54) is 0 Å². The first-order chi connectivity index (χ1) is 16.5. The molecule has 1 fully saturated rings. The van der Waals surface area contributed by atoms with Crippen LogP contribution >= 0.6 is 0 Å². The largest absolute Gasteiger partial charge is 0.507 e. The molecular weight excluding hydrogens is 428 g/mol. The van der Waals surface area contributed by atoms with Crippen molar-refractivity contribution in [1.82, 2.24) is 9.88 Å². The van der Waals surface area contributed by atoms with Crippen LogP contribution in [-0.2, 0) is 16.2 Å². The Morgan fingerprint density at radius 3 is 2.47 bits per heavy atom. The predicted molar refractivity (Wildman–Crippen MR) is 130 cm³/mol. The molecule has 1 atom stereocenters. The SMILES string of the molecule is CCCCN1C(=O)C(=O)/C(=C(/O)c2ccc(OCc3ccccc3)c(C)c2)C1c1ccncc1. The Kier molecular flexibility index (Phi) is 7.07. The number of benzene rings is 2. The van der Waals surface area contributed by atoms with Crippen molar-refractivity contribution in [3.8, 4) is 5.75 Å². The van der Waals surface area contributed by atoms with Crippen LogP contribution in [0.15, 0.2) is 78.6 Å². The zero-order valence-electron chi connectivity index (χ0n) is 19.4. The number of pyridine rings is 1. The third kappa shape index (κ3) is 4.71. The van der Waals surface area contributed by atoms with Gasteiger partial charge in [-0.05, 0) is 60.4 Å². The van der Waals surface area contributed by atoms with Gasteiger partial charge >= 0.3 is 0 Å². The number of carbonyl (C=O) groups is 2. The topological polar surface area (TPSA) is 79.7 Å². The molecule has 0 bridgehead atoms. The first kappa shape index (κ1) is 23.2. The number of aliphatic hydroxyl groups is 1. The average molecular weight is 457 g/mol. The molecular formula is C28H28N2O4. The number of rotatable bonds is 8. The van der Waals surface area contributed by atoms with Crippen molar-refractivity contribution < 1.29 is 19.4 Å².